The van der Waals surface area contributed by atoms with Crippen LogP contribution in [-0.4, -0.2) is 0 Å². The van der Waals surface area contributed by atoms with Crippen LogP contribution < -0.4 is 5.32 Å². The van der Waals surface area contributed by atoms with E-state index in [1.807, 2.05) is 36.4 Å². The zero-order valence-electron chi connectivity index (χ0n) is 9.45. The van der Waals surface area contributed by atoms with Crippen molar-refractivity contribution in [3.05, 3.63) is 63.1 Å². The van der Waals surface area contributed by atoms with Crippen LogP contribution in [0.5, 0.6) is 0 Å². The SMILES string of the molecule is N#Cc1ccc(NCc2ccc(Cl)cc2)cc1Br. The normalized spacial score (nSPS) is 9.83. The van der Waals surface area contributed by atoms with Crippen molar-refractivity contribution in [2.75, 3.05) is 5.32 Å². The number of hydrogen-bond acceptors (Lipinski definition) is 2. The Balaban J connectivity index is 2.04. The second kappa shape index (κ2) is 5.90. The summed E-state index contributed by atoms with van der Waals surface area (Å²) in [5.41, 5.74) is 2.75. The highest BCUT2D eigenvalue weighted by molar-refractivity contribution is 9.10. The van der Waals surface area contributed by atoms with Crippen molar-refractivity contribution in [1.82, 2.24) is 0 Å². The van der Waals surface area contributed by atoms with Crippen molar-refractivity contribution in [3.8, 4) is 6.07 Å². The van der Waals surface area contributed by atoms with Gasteiger partial charge in [0.2, 0.25) is 0 Å². The zero-order chi connectivity index (χ0) is 13.0. The molecule has 0 saturated carbocycles. The second-order valence-electron chi connectivity index (χ2n) is 3.79. The predicted octanol–water partition coefficient (Wildman–Crippen LogP) is 4.59. The molecule has 18 heavy (non-hydrogen) atoms. The van der Waals surface area contributed by atoms with E-state index in [0.717, 1.165) is 27.3 Å². The van der Waals surface area contributed by atoms with E-state index in [1.165, 1.54) is 0 Å². The second-order valence-corrected chi connectivity index (χ2v) is 5.08. The van der Waals surface area contributed by atoms with Gasteiger partial charge < -0.3 is 5.32 Å². The van der Waals surface area contributed by atoms with E-state index in [2.05, 4.69) is 27.3 Å². The topological polar surface area (TPSA) is 35.8 Å². The number of halogens is 2. The Hall–Kier alpha value is -1.50. The Morgan fingerprint density at radius 2 is 1.89 bits per heavy atom. The molecule has 0 radical (unpaired) electrons. The van der Waals surface area contributed by atoms with Crippen LogP contribution in [0.25, 0.3) is 0 Å². The third kappa shape index (κ3) is 3.25. The molecular formula is C14H10BrClN2. The fourth-order valence-electron chi connectivity index (χ4n) is 1.52. The van der Waals surface area contributed by atoms with Crippen LogP contribution in [0.15, 0.2) is 46.9 Å². The summed E-state index contributed by atoms with van der Waals surface area (Å²) >= 11 is 9.19. The molecule has 4 heteroatoms. The average molecular weight is 322 g/mol. The molecule has 0 aliphatic rings. The van der Waals surface area contributed by atoms with Crippen LogP contribution in [0.4, 0.5) is 5.69 Å². The molecule has 0 spiro atoms. The Kier molecular flexibility index (Phi) is 4.24. The van der Waals surface area contributed by atoms with Gasteiger partial charge in [-0.25, -0.2) is 0 Å². The molecular weight excluding hydrogens is 312 g/mol. The van der Waals surface area contributed by atoms with Crippen molar-refractivity contribution < 1.29 is 0 Å². The first-order valence-corrected chi connectivity index (χ1v) is 6.54. The van der Waals surface area contributed by atoms with Crippen LogP contribution in [-0.2, 0) is 6.54 Å². The number of rotatable bonds is 3. The van der Waals surface area contributed by atoms with Gasteiger partial charge in [-0.05, 0) is 51.8 Å². The van der Waals surface area contributed by atoms with Crippen molar-refractivity contribution in [2.45, 2.75) is 6.54 Å². The number of nitrogens with one attached hydrogen (secondary N) is 1. The zero-order valence-corrected chi connectivity index (χ0v) is 11.8. The summed E-state index contributed by atoms with van der Waals surface area (Å²) < 4.78 is 0.797. The van der Waals surface area contributed by atoms with Crippen LogP contribution in [0.2, 0.25) is 5.02 Å². The van der Waals surface area contributed by atoms with Crippen LogP contribution in [0, 0.1) is 11.3 Å². The lowest BCUT2D eigenvalue weighted by Crippen LogP contribution is -1.99. The van der Waals surface area contributed by atoms with Crippen molar-refractivity contribution in [1.29, 1.82) is 5.26 Å². The van der Waals surface area contributed by atoms with Gasteiger partial charge in [-0.2, -0.15) is 5.26 Å². The Bertz CT molecular complexity index is 588. The lowest BCUT2D eigenvalue weighted by Gasteiger charge is -2.07. The maximum absolute atomic E-state index is 8.83. The average Bonchev–Trinajstić information content (AvgIpc) is 2.38. The van der Waals surface area contributed by atoms with Gasteiger partial charge in [0.15, 0.2) is 0 Å². The quantitative estimate of drug-likeness (QED) is 0.897. The summed E-state index contributed by atoms with van der Waals surface area (Å²) in [5.74, 6) is 0. The highest BCUT2D eigenvalue weighted by Crippen LogP contribution is 2.21. The molecule has 0 heterocycles. The lowest BCUT2D eigenvalue weighted by atomic mass is 10.2. The summed E-state index contributed by atoms with van der Waals surface area (Å²) in [6.07, 6.45) is 0. The molecule has 0 atom stereocenters. The van der Waals surface area contributed by atoms with E-state index < -0.39 is 0 Å². The molecule has 1 N–H and O–H groups in total. The highest BCUT2D eigenvalue weighted by atomic mass is 79.9. The smallest absolute Gasteiger partial charge is 0.100 e. The Morgan fingerprint density at radius 3 is 2.50 bits per heavy atom. The molecule has 2 rings (SSSR count). The Morgan fingerprint density at radius 1 is 1.17 bits per heavy atom. The Labute approximate surface area is 119 Å². The van der Waals surface area contributed by atoms with Crippen molar-refractivity contribution in [2.24, 2.45) is 0 Å². The molecule has 0 fully saturated rings. The maximum Gasteiger partial charge on any atom is 0.100 e. The highest BCUT2D eigenvalue weighted by Gasteiger charge is 2.00. The summed E-state index contributed by atoms with van der Waals surface area (Å²) in [7, 11) is 0. The fraction of sp³-hybridized carbons (Fsp3) is 0.0714. The first-order valence-electron chi connectivity index (χ1n) is 5.37. The number of benzene rings is 2. The third-order valence-electron chi connectivity index (χ3n) is 2.50. The fourth-order valence-corrected chi connectivity index (χ4v) is 2.12. The summed E-state index contributed by atoms with van der Waals surface area (Å²) in [4.78, 5) is 0. The minimum absolute atomic E-state index is 0.632. The molecule has 2 aromatic rings. The third-order valence-corrected chi connectivity index (χ3v) is 3.41. The molecule has 2 aromatic carbocycles. The number of hydrogen-bond donors (Lipinski definition) is 1. The monoisotopic (exact) mass is 320 g/mol. The minimum Gasteiger partial charge on any atom is -0.381 e. The minimum atomic E-state index is 0.632. The van der Waals surface area contributed by atoms with Crippen LogP contribution >= 0.6 is 27.5 Å². The van der Waals surface area contributed by atoms with E-state index >= 15 is 0 Å². The van der Waals surface area contributed by atoms with E-state index in [0.29, 0.717) is 5.56 Å². The van der Waals surface area contributed by atoms with Gasteiger partial charge in [0.05, 0.1) is 5.56 Å². The standard InChI is InChI=1S/C14H10BrClN2/c15-14-7-13(6-3-11(14)8-17)18-9-10-1-4-12(16)5-2-10/h1-7,18H,9H2. The lowest BCUT2D eigenvalue weighted by molar-refractivity contribution is 1.15. The van der Waals surface area contributed by atoms with Crippen molar-refractivity contribution >= 4 is 33.2 Å². The summed E-state index contributed by atoms with van der Waals surface area (Å²) in [5, 5.41) is 12.9. The van der Waals surface area contributed by atoms with E-state index in [4.69, 9.17) is 16.9 Å². The molecule has 2 nitrogen and oxygen atoms in total. The van der Waals surface area contributed by atoms with Gasteiger partial charge in [-0.15, -0.1) is 0 Å². The summed E-state index contributed by atoms with van der Waals surface area (Å²) in [6, 6.07) is 15.4. The van der Waals surface area contributed by atoms with Crippen molar-refractivity contribution in [3.63, 3.8) is 0 Å². The molecule has 0 aliphatic carbocycles. The number of nitrogens with zero attached hydrogens (tertiary/aromatic N) is 1. The van der Waals surface area contributed by atoms with E-state index in [9.17, 15) is 0 Å². The molecule has 0 amide bonds. The van der Waals surface area contributed by atoms with E-state index in [1.54, 1.807) is 6.07 Å². The van der Waals surface area contributed by atoms with Crippen LogP contribution in [0.3, 0.4) is 0 Å². The molecule has 0 aliphatic heterocycles. The molecule has 0 saturated heterocycles. The van der Waals surface area contributed by atoms with E-state index in [-0.39, 0.29) is 0 Å². The van der Waals surface area contributed by atoms with Gasteiger partial charge in [-0.1, -0.05) is 23.7 Å². The molecule has 0 aromatic heterocycles. The maximum atomic E-state index is 8.83. The van der Waals surface area contributed by atoms with Gasteiger partial charge in [-0.3, -0.25) is 0 Å². The van der Waals surface area contributed by atoms with Gasteiger partial charge in [0, 0.05) is 21.7 Å². The van der Waals surface area contributed by atoms with Gasteiger partial charge in [0.25, 0.3) is 0 Å². The molecule has 0 unspecified atom stereocenters. The molecule has 90 valence electrons. The number of nitriles is 1. The first kappa shape index (κ1) is 12.9. The van der Waals surface area contributed by atoms with Crippen LogP contribution in [0.1, 0.15) is 11.1 Å². The molecule has 0 bridgehead atoms. The van der Waals surface area contributed by atoms with Gasteiger partial charge in [0.1, 0.15) is 6.07 Å². The number of anilines is 1. The first-order chi connectivity index (χ1) is 8.69. The van der Waals surface area contributed by atoms with Gasteiger partial charge >= 0.3 is 0 Å². The summed E-state index contributed by atoms with van der Waals surface area (Å²) in [6.45, 7) is 0.718. The largest absolute Gasteiger partial charge is 0.381 e. The predicted molar refractivity (Wildman–Crippen MR) is 77.6 cm³/mol.